The average molecular weight is 416 g/mol. The maximum Gasteiger partial charge on any atom is 0.212 e. The molecular weight excluding hydrogens is 385 g/mol. The van der Waals surface area contributed by atoms with E-state index in [2.05, 4.69) is 86.7 Å². The van der Waals surface area contributed by atoms with Crippen LogP contribution in [0.3, 0.4) is 0 Å². The Kier molecular flexibility index (Phi) is 5.37. The van der Waals surface area contributed by atoms with E-state index in [1.807, 2.05) is 0 Å². The standard InChI is InChI=1S/C27H30NOP/c1-20(2)24-19-29-26(28-24)23-15-9-17-27(23)18-10-16-25(27)30(21-11-5-3-6-12-21)22-13-7-4-8-14-22/h3-8,11-16,20,24H,9-10,17-19H2,1-2H3/t24-,27-/m1/s1. The molecule has 2 atom stereocenters. The third-order valence-electron chi connectivity index (χ3n) is 6.78. The van der Waals surface area contributed by atoms with E-state index in [-0.39, 0.29) is 11.5 Å². The van der Waals surface area contributed by atoms with Gasteiger partial charge in [-0.25, -0.2) is 4.99 Å². The van der Waals surface area contributed by atoms with Gasteiger partial charge in [0.25, 0.3) is 0 Å². The monoisotopic (exact) mass is 415 g/mol. The summed E-state index contributed by atoms with van der Waals surface area (Å²) in [5.74, 6) is 1.44. The van der Waals surface area contributed by atoms with Crippen molar-refractivity contribution in [2.24, 2.45) is 16.3 Å². The molecule has 0 N–H and O–H groups in total. The summed E-state index contributed by atoms with van der Waals surface area (Å²) in [5.41, 5.74) is 1.45. The highest BCUT2D eigenvalue weighted by atomic mass is 31.1. The molecule has 5 rings (SSSR count). The number of ether oxygens (including phenoxy) is 1. The second-order valence-corrected chi connectivity index (χ2v) is 11.1. The fourth-order valence-electron chi connectivity index (χ4n) is 5.15. The number of nitrogens with zero attached hydrogens (tertiary/aromatic N) is 1. The van der Waals surface area contributed by atoms with Crippen molar-refractivity contribution in [2.75, 3.05) is 6.61 Å². The molecule has 1 aliphatic heterocycles. The maximum absolute atomic E-state index is 6.20. The van der Waals surface area contributed by atoms with E-state index in [0.29, 0.717) is 5.92 Å². The van der Waals surface area contributed by atoms with Crippen molar-refractivity contribution in [3.8, 4) is 0 Å². The first-order chi connectivity index (χ1) is 14.7. The van der Waals surface area contributed by atoms with Crippen LogP contribution in [0, 0.1) is 11.3 Å². The predicted octanol–water partition coefficient (Wildman–Crippen LogP) is 5.96. The molecule has 2 nitrogen and oxygen atoms in total. The summed E-state index contributed by atoms with van der Waals surface area (Å²) < 4.78 is 6.20. The summed E-state index contributed by atoms with van der Waals surface area (Å²) >= 11 is 0. The van der Waals surface area contributed by atoms with E-state index in [1.54, 1.807) is 5.31 Å². The van der Waals surface area contributed by atoms with E-state index in [1.165, 1.54) is 29.0 Å². The first-order valence-electron chi connectivity index (χ1n) is 11.2. The normalized spacial score (nSPS) is 25.6. The summed E-state index contributed by atoms with van der Waals surface area (Å²) in [7, 11) is -0.566. The lowest BCUT2D eigenvalue weighted by Gasteiger charge is -2.36. The maximum atomic E-state index is 6.20. The molecule has 1 heterocycles. The first kappa shape index (κ1) is 19.8. The molecule has 0 aromatic heterocycles. The molecule has 2 aromatic rings. The quantitative estimate of drug-likeness (QED) is 0.553. The minimum Gasteiger partial charge on any atom is -0.475 e. The van der Waals surface area contributed by atoms with Gasteiger partial charge in [-0.3, -0.25) is 0 Å². The third kappa shape index (κ3) is 3.36. The zero-order valence-electron chi connectivity index (χ0n) is 17.9. The van der Waals surface area contributed by atoms with Gasteiger partial charge in [-0.1, -0.05) is 86.7 Å². The van der Waals surface area contributed by atoms with Gasteiger partial charge in [0.05, 0.1) is 6.04 Å². The Bertz CT molecular complexity index is 949. The molecule has 30 heavy (non-hydrogen) atoms. The topological polar surface area (TPSA) is 21.6 Å². The Morgan fingerprint density at radius 3 is 2.07 bits per heavy atom. The van der Waals surface area contributed by atoms with Crippen LogP contribution in [-0.4, -0.2) is 18.5 Å². The van der Waals surface area contributed by atoms with Crippen LogP contribution < -0.4 is 10.6 Å². The van der Waals surface area contributed by atoms with Gasteiger partial charge in [0.1, 0.15) is 6.61 Å². The molecule has 1 spiro atoms. The molecule has 154 valence electrons. The predicted molar refractivity (Wildman–Crippen MR) is 128 cm³/mol. The van der Waals surface area contributed by atoms with Gasteiger partial charge in [0.2, 0.25) is 5.90 Å². The van der Waals surface area contributed by atoms with E-state index in [0.717, 1.165) is 25.3 Å². The van der Waals surface area contributed by atoms with Crippen LogP contribution in [0.15, 0.2) is 88.7 Å². The van der Waals surface area contributed by atoms with Crippen molar-refractivity contribution in [1.29, 1.82) is 0 Å². The molecule has 0 bridgehead atoms. The number of hydrogen-bond acceptors (Lipinski definition) is 2. The molecule has 2 aliphatic carbocycles. The highest BCUT2D eigenvalue weighted by molar-refractivity contribution is 7.76. The second-order valence-electron chi connectivity index (χ2n) is 8.93. The lowest BCUT2D eigenvalue weighted by molar-refractivity contribution is 0.286. The smallest absolute Gasteiger partial charge is 0.212 e. The van der Waals surface area contributed by atoms with E-state index in [9.17, 15) is 0 Å². The summed E-state index contributed by atoms with van der Waals surface area (Å²) in [4.78, 5) is 5.03. The van der Waals surface area contributed by atoms with Crippen LogP contribution in [0.2, 0.25) is 0 Å². The zero-order valence-corrected chi connectivity index (χ0v) is 18.8. The molecule has 0 unspecified atom stereocenters. The molecule has 0 fully saturated rings. The minimum absolute atomic E-state index is 0.0854. The van der Waals surface area contributed by atoms with Crippen molar-refractivity contribution in [1.82, 2.24) is 0 Å². The highest BCUT2D eigenvalue weighted by Gasteiger charge is 2.49. The molecule has 2 aromatic carbocycles. The molecule has 0 amide bonds. The summed E-state index contributed by atoms with van der Waals surface area (Å²) in [6.45, 7) is 5.21. The van der Waals surface area contributed by atoms with E-state index in [4.69, 9.17) is 9.73 Å². The second kappa shape index (κ2) is 8.16. The fraction of sp³-hybridized carbons (Fsp3) is 0.370. The molecular formula is C27H30NOP. The van der Waals surface area contributed by atoms with Crippen LogP contribution in [0.4, 0.5) is 0 Å². The van der Waals surface area contributed by atoms with Gasteiger partial charge >= 0.3 is 0 Å². The Morgan fingerprint density at radius 1 is 0.900 bits per heavy atom. The van der Waals surface area contributed by atoms with Gasteiger partial charge in [0, 0.05) is 11.0 Å². The lowest BCUT2D eigenvalue weighted by Crippen LogP contribution is -2.28. The van der Waals surface area contributed by atoms with E-state index < -0.39 is 7.92 Å². The van der Waals surface area contributed by atoms with Crippen LogP contribution in [0.25, 0.3) is 0 Å². The summed E-state index contributed by atoms with van der Waals surface area (Å²) in [6.07, 6.45) is 9.59. The zero-order chi connectivity index (χ0) is 20.6. The van der Waals surface area contributed by atoms with Crippen molar-refractivity contribution >= 4 is 24.4 Å². The third-order valence-corrected chi connectivity index (χ3v) is 9.50. The van der Waals surface area contributed by atoms with Crippen LogP contribution >= 0.6 is 7.92 Å². The number of allylic oxidation sites excluding steroid dienone is 3. The molecule has 0 saturated carbocycles. The highest BCUT2D eigenvalue weighted by Crippen LogP contribution is 2.63. The Hall–Kier alpha value is -2.18. The Balaban J connectivity index is 1.58. The summed E-state index contributed by atoms with van der Waals surface area (Å²) in [5, 5.41) is 4.48. The SMILES string of the molecule is CC(C)[C@H]1COC(C2=CCC[C@@]23CCC=C3P(c2ccccc2)c2ccccc2)=N1. The van der Waals surface area contributed by atoms with Gasteiger partial charge < -0.3 is 4.74 Å². The molecule has 3 aliphatic rings. The van der Waals surface area contributed by atoms with Gasteiger partial charge in [-0.2, -0.15) is 0 Å². The Morgan fingerprint density at radius 2 is 1.50 bits per heavy atom. The molecule has 3 heteroatoms. The first-order valence-corrected chi connectivity index (χ1v) is 12.6. The lowest BCUT2D eigenvalue weighted by atomic mass is 9.80. The Labute approximate surface area is 181 Å². The number of benzene rings is 2. The van der Waals surface area contributed by atoms with Crippen molar-refractivity contribution < 1.29 is 4.74 Å². The minimum atomic E-state index is -0.566. The number of aliphatic imine (C=N–C) groups is 1. The largest absolute Gasteiger partial charge is 0.475 e. The van der Waals surface area contributed by atoms with Gasteiger partial charge in [0.15, 0.2) is 0 Å². The number of rotatable bonds is 5. The van der Waals surface area contributed by atoms with Crippen LogP contribution in [0.5, 0.6) is 0 Å². The number of hydrogen-bond donors (Lipinski definition) is 0. The van der Waals surface area contributed by atoms with Gasteiger partial charge in [-0.15, -0.1) is 0 Å². The molecule has 0 radical (unpaired) electrons. The van der Waals surface area contributed by atoms with Crippen LogP contribution in [-0.2, 0) is 4.74 Å². The van der Waals surface area contributed by atoms with Gasteiger partial charge in [-0.05, 0) is 55.4 Å². The molecule has 0 saturated heterocycles. The van der Waals surface area contributed by atoms with Crippen molar-refractivity contribution in [3.63, 3.8) is 0 Å². The summed E-state index contributed by atoms with van der Waals surface area (Å²) in [6, 6.07) is 22.5. The fourth-order valence-corrected chi connectivity index (χ4v) is 8.03. The van der Waals surface area contributed by atoms with Crippen molar-refractivity contribution in [3.05, 3.63) is 83.7 Å². The van der Waals surface area contributed by atoms with E-state index >= 15 is 0 Å². The van der Waals surface area contributed by atoms with Crippen LogP contribution in [0.1, 0.15) is 39.5 Å². The van der Waals surface area contributed by atoms with Crippen molar-refractivity contribution in [2.45, 2.75) is 45.6 Å². The average Bonchev–Trinajstić information content (AvgIpc) is 3.51.